The van der Waals surface area contributed by atoms with Crippen molar-refractivity contribution in [2.75, 3.05) is 11.9 Å². The number of benzene rings is 2. The van der Waals surface area contributed by atoms with E-state index in [2.05, 4.69) is 10.6 Å². The fourth-order valence-electron chi connectivity index (χ4n) is 3.40. The molecule has 2 aromatic carbocycles. The standard InChI is InChI=1S/C21H25N3O2/c22-14-16-11-15(12-16)13-19(25)24-20(17-7-3-1-4-8-17)21(26)23-18-9-5-2-6-10-18/h1-10,15-16,20H,11-14,22H2,(H,23,26)(H,24,25). The summed E-state index contributed by atoms with van der Waals surface area (Å²) < 4.78 is 0. The lowest BCUT2D eigenvalue weighted by atomic mass is 9.73. The molecule has 0 spiro atoms. The average molecular weight is 351 g/mol. The fourth-order valence-corrected chi connectivity index (χ4v) is 3.40. The Balaban J connectivity index is 1.65. The number of anilines is 1. The van der Waals surface area contributed by atoms with E-state index in [4.69, 9.17) is 5.73 Å². The van der Waals surface area contributed by atoms with E-state index in [9.17, 15) is 9.59 Å². The van der Waals surface area contributed by atoms with Crippen molar-refractivity contribution in [3.63, 3.8) is 0 Å². The Labute approximate surface area is 154 Å². The Kier molecular flexibility index (Phi) is 6.02. The van der Waals surface area contributed by atoms with Gasteiger partial charge in [-0.15, -0.1) is 0 Å². The number of hydrogen-bond acceptors (Lipinski definition) is 3. The number of carbonyl (C=O) groups excluding carboxylic acids is 2. The molecule has 0 heterocycles. The lowest BCUT2D eigenvalue weighted by Gasteiger charge is -2.34. The van der Waals surface area contributed by atoms with Gasteiger partial charge in [0.05, 0.1) is 0 Å². The molecule has 5 heteroatoms. The number of para-hydroxylation sites is 1. The van der Waals surface area contributed by atoms with Gasteiger partial charge in [0.1, 0.15) is 6.04 Å². The van der Waals surface area contributed by atoms with Crippen molar-refractivity contribution in [1.29, 1.82) is 0 Å². The molecule has 26 heavy (non-hydrogen) atoms. The lowest BCUT2D eigenvalue weighted by Crippen LogP contribution is -2.39. The molecular formula is C21H25N3O2. The van der Waals surface area contributed by atoms with Gasteiger partial charge in [-0.1, -0.05) is 48.5 Å². The molecule has 0 aliphatic heterocycles. The maximum Gasteiger partial charge on any atom is 0.251 e. The second-order valence-corrected chi connectivity index (χ2v) is 6.91. The van der Waals surface area contributed by atoms with E-state index in [1.165, 1.54) is 0 Å². The summed E-state index contributed by atoms with van der Waals surface area (Å²) >= 11 is 0. The van der Waals surface area contributed by atoms with E-state index in [0.717, 1.165) is 18.4 Å². The normalized spacial score (nSPS) is 19.9. The van der Waals surface area contributed by atoms with Crippen molar-refractivity contribution < 1.29 is 9.59 Å². The Bertz CT molecular complexity index is 727. The van der Waals surface area contributed by atoms with Crippen LogP contribution >= 0.6 is 0 Å². The van der Waals surface area contributed by atoms with Gasteiger partial charge in [0.15, 0.2) is 0 Å². The molecule has 0 saturated heterocycles. The van der Waals surface area contributed by atoms with E-state index in [0.29, 0.717) is 30.5 Å². The third-order valence-electron chi connectivity index (χ3n) is 4.88. The van der Waals surface area contributed by atoms with Crippen LogP contribution in [0.15, 0.2) is 60.7 Å². The van der Waals surface area contributed by atoms with E-state index in [-0.39, 0.29) is 11.8 Å². The Morgan fingerprint density at radius 2 is 1.58 bits per heavy atom. The molecule has 1 unspecified atom stereocenters. The highest BCUT2D eigenvalue weighted by Crippen LogP contribution is 2.35. The second-order valence-electron chi connectivity index (χ2n) is 6.91. The highest BCUT2D eigenvalue weighted by Gasteiger charge is 2.31. The number of nitrogens with two attached hydrogens (primary N) is 1. The van der Waals surface area contributed by atoms with Crippen LogP contribution in [0.1, 0.15) is 30.9 Å². The van der Waals surface area contributed by atoms with E-state index in [1.54, 1.807) is 0 Å². The third kappa shape index (κ3) is 4.70. The number of hydrogen-bond donors (Lipinski definition) is 3. The molecule has 1 aliphatic carbocycles. The molecule has 4 N–H and O–H groups in total. The third-order valence-corrected chi connectivity index (χ3v) is 4.88. The first-order valence-electron chi connectivity index (χ1n) is 9.06. The highest BCUT2D eigenvalue weighted by atomic mass is 16.2. The van der Waals surface area contributed by atoms with Gasteiger partial charge >= 0.3 is 0 Å². The molecule has 1 fully saturated rings. The fraction of sp³-hybridized carbons (Fsp3) is 0.333. The van der Waals surface area contributed by atoms with Gasteiger partial charge in [-0.25, -0.2) is 0 Å². The summed E-state index contributed by atoms with van der Waals surface area (Å²) in [6, 6.07) is 17.8. The first-order chi connectivity index (χ1) is 12.7. The molecule has 0 radical (unpaired) electrons. The van der Waals surface area contributed by atoms with Crippen LogP contribution in [0, 0.1) is 11.8 Å². The predicted molar refractivity (Wildman–Crippen MR) is 102 cm³/mol. The lowest BCUT2D eigenvalue weighted by molar-refractivity contribution is -0.128. The van der Waals surface area contributed by atoms with Gasteiger partial charge in [-0.05, 0) is 48.9 Å². The minimum atomic E-state index is -0.714. The summed E-state index contributed by atoms with van der Waals surface area (Å²) in [6.45, 7) is 0.685. The van der Waals surface area contributed by atoms with Gasteiger partial charge in [0.25, 0.3) is 5.91 Å². The van der Waals surface area contributed by atoms with Crippen LogP contribution in [0.4, 0.5) is 5.69 Å². The first kappa shape index (κ1) is 18.1. The smallest absolute Gasteiger partial charge is 0.251 e. The van der Waals surface area contributed by atoms with Crippen LogP contribution < -0.4 is 16.4 Å². The molecule has 136 valence electrons. The summed E-state index contributed by atoms with van der Waals surface area (Å²) in [5, 5.41) is 5.78. The highest BCUT2D eigenvalue weighted by molar-refractivity contribution is 5.97. The van der Waals surface area contributed by atoms with Crippen LogP contribution in [0.3, 0.4) is 0 Å². The predicted octanol–water partition coefficient (Wildman–Crippen LogP) is 2.86. The summed E-state index contributed by atoms with van der Waals surface area (Å²) in [4.78, 5) is 25.2. The number of carbonyl (C=O) groups is 2. The largest absolute Gasteiger partial charge is 0.341 e. The quantitative estimate of drug-likeness (QED) is 0.717. The zero-order chi connectivity index (χ0) is 18.4. The second kappa shape index (κ2) is 8.63. The van der Waals surface area contributed by atoms with E-state index in [1.807, 2.05) is 60.7 Å². The van der Waals surface area contributed by atoms with Crippen LogP contribution in [-0.4, -0.2) is 18.4 Å². The molecule has 1 atom stereocenters. The van der Waals surface area contributed by atoms with Crippen molar-refractivity contribution in [1.82, 2.24) is 5.32 Å². The van der Waals surface area contributed by atoms with Crippen molar-refractivity contribution in [3.8, 4) is 0 Å². The van der Waals surface area contributed by atoms with E-state index < -0.39 is 6.04 Å². The van der Waals surface area contributed by atoms with Crippen LogP contribution in [-0.2, 0) is 9.59 Å². The summed E-state index contributed by atoms with van der Waals surface area (Å²) in [5.41, 5.74) is 7.12. The zero-order valence-corrected chi connectivity index (χ0v) is 14.7. The topological polar surface area (TPSA) is 84.2 Å². The first-order valence-corrected chi connectivity index (χ1v) is 9.06. The van der Waals surface area contributed by atoms with Gasteiger partial charge in [0, 0.05) is 12.1 Å². The van der Waals surface area contributed by atoms with Crippen molar-refractivity contribution in [3.05, 3.63) is 66.2 Å². The molecule has 3 rings (SSSR count). The maximum atomic E-state index is 12.8. The van der Waals surface area contributed by atoms with Crippen LogP contribution in [0.5, 0.6) is 0 Å². The van der Waals surface area contributed by atoms with Crippen LogP contribution in [0.2, 0.25) is 0 Å². The van der Waals surface area contributed by atoms with Crippen molar-refractivity contribution in [2.24, 2.45) is 17.6 Å². The van der Waals surface area contributed by atoms with Gasteiger partial charge in [0.2, 0.25) is 5.91 Å². The SMILES string of the molecule is NCC1CC(CC(=O)NC(C(=O)Nc2ccccc2)c2ccccc2)C1. The Morgan fingerprint density at radius 3 is 2.19 bits per heavy atom. The minimum Gasteiger partial charge on any atom is -0.341 e. The number of amides is 2. The van der Waals surface area contributed by atoms with Gasteiger partial charge in [-0.3, -0.25) is 9.59 Å². The Morgan fingerprint density at radius 1 is 0.962 bits per heavy atom. The zero-order valence-electron chi connectivity index (χ0n) is 14.7. The molecule has 0 bridgehead atoms. The summed E-state index contributed by atoms with van der Waals surface area (Å²) in [5.74, 6) is 0.572. The molecular weight excluding hydrogens is 326 g/mol. The van der Waals surface area contributed by atoms with Gasteiger partial charge in [-0.2, -0.15) is 0 Å². The van der Waals surface area contributed by atoms with Crippen molar-refractivity contribution in [2.45, 2.75) is 25.3 Å². The number of nitrogens with one attached hydrogen (secondary N) is 2. The Hall–Kier alpha value is -2.66. The minimum absolute atomic E-state index is 0.0949. The van der Waals surface area contributed by atoms with Crippen molar-refractivity contribution >= 4 is 17.5 Å². The summed E-state index contributed by atoms with van der Waals surface area (Å²) in [6.07, 6.45) is 2.44. The molecule has 5 nitrogen and oxygen atoms in total. The average Bonchev–Trinajstić information content (AvgIpc) is 2.63. The van der Waals surface area contributed by atoms with E-state index >= 15 is 0 Å². The maximum absolute atomic E-state index is 12.8. The molecule has 2 amide bonds. The molecule has 2 aromatic rings. The van der Waals surface area contributed by atoms with Gasteiger partial charge < -0.3 is 16.4 Å². The molecule has 0 aromatic heterocycles. The summed E-state index contributed by atoms with van der Waals surface area (Å²) in [7, 11) is 0. The number of rotatable bonds is 7. The van der Waals surface area contributed by atoms with Crippen LogP contribution in [0.25, 0.3) is 0 Å². The monoisotopic (exact) mass is 351 g/mol. The molecule has 1 saturated carbocycles. The molecule has 1 aliphatic rings.